The number of amides is 1. The van der Waals surface area contributed by atoms with Gasteiger partial charge in [-0.05, 0) is 37.0 Å². The van der Waals surface area contributed by atoms with Crippen molar-refractivity contribution >= 4 is 6.41 Å². The molecule has 0 heterocycles. The predicted molar refractivity (Wildman–Crippen MR) is 62.4 cm³/mol. The summed E-state index contributed by atoms with van der Waals surface area (Å²) in [6, 6.07) is 6.43. The number of ether oxygens (including phenoxy) is 1. The van der Waals surface area contributed by atoms with Gasteiger partial charge in [0.05, 0.1) is 7.11 Å². The average molecular weight is 219 g/mol. The first-order valence-corrected chi connectivity index (χ1v) is 5.59. The van der Waals surface area contributed by atoms with Crippen LogP contribution in [0.5, 0.6) is 5.75 Å². The summed E-state index contributed by atoms with van der Waals surface area (Å²) in [6.45, 7) is 2.72. The number of hydrogen-bond acceptors (Lipinski definition) is 2. The van der Waals surface area contributed by atoms with Gasteiger partial charge in [-0.1, -0.05) is 12.1 Å². The van der Waals surface area contributed by atoms with Gasteiger partial charge in [-0.25, -0.2) is 0 Å². The summed E-state index contributed by atoms with van der Waals surface area (Å²) in [5, 5.41) is 0. The molecular weight excluding hydrogens is 202 g/mol. The van der Waals surface area contributed by atoms with Gasteiger partial charge in [0, 0.05) is 12.6 Å². The van der Waals surface area contributed by atoms with Gasteiger partial charge in [0.2, 0.25) is 6.41 Å². The highest BCUT2D eigenvalue weighted by Crippen LogP contribution is 2.29. The normalized spacial score (nSPS) is 14.6. The number of rotatable bonds is 5. The molecule has 16 heavy (non-hydrogen) atoms. The van der Waals surface area contributed by atoms with Crippen molar-refractivity contribution in [3.8, 4) is 5.75 Å². The third-order valence-corrected chi connectivity index (χ3v) is 3.12. The van der Waals surface area contributed by atoms with Crippen LogP contribution in [0.2, 0.25) is 0 Å². The third-order valence-electron chi connectivity index (χ3n) is 3.12. The van der Waals surface area contributed by atoms with Crippen LogP contribution in [0.4, 0.5) is 0 Å². The summed E-state index contributed by atoms with van der Waals surface area (Å²) >= 11 is 0. The monoisotopic (exact) mass is 219 g/mol. The van der Waals surface area contributed by atoms with E-state index in [2.05, 4.69) is 6.07 Å². The molecule has 0 spiro atoms. The van der Waals surface area contributed by atoms with Gasteiger partial charge < -0.3 is 9.64 Å². The number of carbonyl (C=O) groups excluding carboxylic acids is 1. The Morgan fingerprint density at radius 3 is 2.81 bits per heavy atom. The molecule has 1 aliphatic carbocycles. The first kappa shape index (κ1) is 11.0. The Balaban J connectivity index is 2.16. The Bertz CT molecular complexity index is 386. The second-order valence-electron chi connectivity index (χ2n) is 4.25. The van der Waals surface area contributed by atoms with Crippen molar-refractivity contribution in [1.29, 1.82) is 0 Å². The Morgan fingerprint density at radius 1 is 1.50 bits per heavy atom. The molecule has 3 heteroatoms. The molecule has 0 aromatic heterocycles. The molecule has 0 N–H and O–H groups in total. The van der Waals surface area contributed by atoms with Gasteiger partial charge >= 0.3 is 0 Å². The maximum atomic E-state index is 11.0. The Hall–Kier alpha value is -1.51. The highest BCUT2D eigenvalue weighted by molar-refractivity contribution is 5.50. The molecule has 1 fully saturated rings. The minimum atomic E-state index is 0.461. The van der Waals surface area contributed by atoms with Crippen molar-refractivity contribution in [2.24, 2.45) is 0 Å². The Morgan fingerprint density at radius 2 is 2.25 bits per heavy atom. The highest BCUT2D eigenvalue weighted by atomic mass is 16.5. The summed E-state index contributed by atoms with van der Waals surface area (Å²) in [5.41, 5.74) is 2.29. The first-order valence-electron chi connectivity index (χ1n) is 5.59. The fraction of sp³-hybridized carbons (Fsp3) is 0.462. The number of hydrogen-bond donors (Lipinski definition) is 0. The molecule has 1 aromatic carbocycles. The van der Waals surface area contributed by atoms with Crippen LogP contribution in [0.1, 0.15) is 24.0 Å². The first-order chi connectivity index (χ1) is 7.76. The van der Waals surface area contributed by atoms with Gasteiger partial charge in [-0.2, -0.15) is 0 Å². The molecule has 0 aliphatic heterocycles. The summed E-state index contributed by atoms with van der Waals surface area (Å²) in [5.74, 6) is 0.888. The molecule has 1 aromatic rings. The lowest BCUT2D eigenvalue weighted by Gasteiger charge is -2.18. The molecule has 0 atom stereocenters. The summed E-state index contributed by atoms with van der Waals surface area (Å²) in [6.07, 6.45) is 3.24. The second-order valence-corrected chi connectivity index (χ2v) is 4.25. The van der Waals surface area contributed by atoms with Gasteiger partial charge in [-0.3, -0.25) is 4.79 Å². The number of methoxy groups -OCH3 is 1. The van der Waals surface area contributed by atoms with E-state index >= 15 is 0 Å². The maximum absolute atomic E-state index is 11.0. The Labute approximate surface area is 96.0 Å². The molecular formula is C13H17NO2. The molecule has 86 valence electrons. The Kier molecular flexibility index (Phi) is 3.13. The lowest BCUT2D eigenvalue weighted by Crippen LogP contribution is -2.24. The lowest BCUT2D eigenvalue weighted by atomic mass is 10.1. The molecule has 0 radical (unpaired) electrons. The number of nitrogens with zero attached hydrogens (tertiary/aromatic N) is 1. The highest BCUT2D eigenvalue weighted by Gasteiger charge is 2.28. The van der Waals surface area contributed by atoms with E-state index in [4.69, 9.17) is 4.74 Å². The third kappa shape index (κ3) is 2.18. The van der Waals surface area contributed by atoms with Crippen LogP contribution in [0.15, 0.2) is 18.2 Å². The minimum absolute atomic E-state index is 0.461. The van der Waals surface area contributed by atoms with Crippen molar-refractivity contribution in [3.63, 3.8) is 0 Å². The predicted octanol–water partition coefficient (Wildman–Crippen LogP) is 2.12. The van der Waals surface area contributed by atoms with Crippen molar-refractivity contribution in [3.05, 3.63) is 29.3 Å². The van der Waals surface area contributed by atoms with E-state index in [1.807, 2.05) is 24.0 Å². The van der Waals surface area contributed by atoms with Crippen molar-refractivity contribution in [2.45, 2.75) is 32.4 Å². The topological polar surface area (TPSA) is 29.5 Å². The fourth-order valence-corrected chi connectivity index (χ4v) is 1.91. The summed E-state index contributed by atoms with van der Waals surface area (Å²) in [4.78, 5) is 12.8. The van der Waals surface area contributed by atoms with Gasteiger partial charge in [0.25, 0.3) is 0 Å². The zero-order valence-corrected chi connectivity index (χ0v) is 9.77. The van der Waals surface area contributed by atoms with Crippen LogP contribution >= 0.6 is 0 Å². The van der Waals surface area contributed by atoms with Crippen LogP contribution in [0.25, 0.3) is 0 Å². The lowest BCUT2D eigenvalue weighted by molar-refractivity contribution is -0.119. The average Bonchev–Trinajstić information content (AvgIpc) is 3.12. The van der Waals surface area contributed by atoms with E-state index in [-0.39, 0.29) is 0 Å². The standard InChI is InChI=1S/C13H17NO2/c1-10-11(4-3-5-13(10)16-2)8-14(9-15)12-6-7-12/h3-5,9,12H,6-8H2,1-2H3. The van der Waals surface area contributed by atoms with Crippen molar-refractivity contribution < 1.29 is 9.53 Å². The number of carbonyl (C=O) groups is 1. The molecule has 0 saturated heterocycles. The largest absolute Gasteiger partial charge is 0.496 e. The zero-order chi connectivity index (χ0) is 11.5. The van der Waals surface area contributed by atoms with E-state index in [0.717, 1.165) is 30.6 Å². The van der Waals surface area contributed by atoms with E-state index < -0.39 is 0 Å². The maximum Gasteiger partial charge on any atom is 0.210 e. The molecule has 1 aliphatic rings. The van der Waals surface area contributed by atoms with Gasteiger partial charge in [-0.15, -0.1) is 0 Å². The van der Waals surface area contributed by atoms with E-state index in [1.165, 1.54) is 5.56 Å². The van der Waals surface area contributed by atoms with Crippen LogP contribution in [-0.4, -0.2) is 24.5 Å². The zero-order valence-electron chi connectivity index (χ0n) is 9.77. The summed E-state index contributed by atoms with van der Waals surface area (Å²) in [7, 11) is 1.67. The van der Waals surface area contributed by atoms with Crippen LogP contribution < -0.4 is 4.74 Å². The van der Waals surface area contributed by atoms with E-state index in [0.29, 0.717) is 12.6 Å². The molecule has 1 saturated carbocycles. The van der Waals surface area contributed by atoms with Gasteiger partial charge in [0.15, 0.2) is 0 Å². The second kappa shape index (κ2) is 4.56. The van der Waals surface area contributed by atoms with Crippen LogP contribution in [0, 0.1) is 6.92 Å². The van der Waals surface area contributed by atoms with Gasteiger partial charge in [0.1, 0.15) is 5.75 Å². The molecule has 3 nitrogen and oxygen atoms in total. The SMILES string of the molecule is COc1cccc(CN(C=O)C2CC2)c1C. The van der Waals surface area contributed by atoms with Crippen molar-refractivity contribution in [2.75, 3.05) is 7.11 Å². The smallest absolute Gasteiger partial charge is 0.210 e. The van der Waals surface area contributed by atoms with E-state index in [1.54, 1.807) is 7.11 Å². The van der Waals surface area contributed by atoms with Crippen LogP contribution in [-0.2, 0) is 11.3 Å². The number of benzene rings is 1. The quantitative estimate of drug-likeness (QED) is 0.710. The molecule has 0 unspecified atom stereocenters. The fourth-order valence-electron chi connectivity index (χ4n) is 1.91. The summed E-state index contributed by atoms with van der Waals surface area (Å²) < 4.78 is 5.27. The molecule has 1 amide bonds. The molecule has 2 rings (SSSR count). The van der Waals surface area contributed by atoms with Crippen molar-refractivity contribution in [1.82, 2.24) is 4.90 Å². The van der Waals surface area contributed by atoms with Crippen LogP contribution in [0.3, 0.4) is 0 Å². The minimum Gasteiger partial charge on any atom is -0.496 e. The molecule has 0 bridgehead atoms. The van der Waals surface area contributed by atoms with E-state index in [9.17, 15) is 4.79 Å².